The largest absolute Gasteiger partial charge is 0.384 e. The van der Waals surface area contributed by atoms with Crippen molar-refractivity contribution < 1.29 is 0 Å². The van der Waals surface area contributed by atoms with Gasteiger partial charge in [0, 0.05) is 24.3 Å². The second-order valence-electron chi connectivity index (χ2n) is 5.76. The van der Waals surface area contributed by atoms with Gasteiger partial charge in [-0.1, -0.05) is 13.8 Å². The fourth-order valence-electron chi connectivity index (χ4n) is 3.02. The van der Waals surface area contributed by atoms with E-state index in [4.69, 9.17) is 11.1 Å². The van der Waals surface area contributed by atoms with E-state index in [0.29, 0.717) is 0 Å². The Morgan fingerprint density at radius 3 is 2.39 bits per heavy atom. The summed E-state index contributed by atoms with van der Waals surface area (Å²) in [7, 11) is 0. The number of nitrogens with zero attached hydrogens (tertiary/aromatic N) is 1. The van der Waals surface area contributed by atoms with E-state index in [1.54, 1.807) is 0 Å². The first kappa shape index (κ1) is 12.9. The van der Waals surface area contributed by atoms with Crippen LogP contribution in [0.4, 0.5) is 5.69 Å². The number of hydrogen-bond acceptors (Lipinski definition) is 2. The summed E-state index contributed by atoms with van der Waals surface area (Å²) in [6, 6.07) is 6.22. The van der Waals surface area contributed by atoms with E-state index in [2.05, 4.69) is 30.9 Å². The molecule has 3 heteroatoms. The van der Waals surface area contributed by atoms with Crippen molar-refractivity contribution in [2.24, 2.45) is 17.6 Å². The number of hydrogen-bond donors (Lipinski definition) is 2. The third-order valence-corrected chi connectivity index (χ3v) is 3.73. The molecule has 1 aromatic carbocycles. The first-order chi connectivity index (χ1) is 8.47. The number of anilines is 1. The monoisotopic (exact) mass is 245 g/mol. The van der Waals surface area contributed by atoms with Crippen molar-refractivity contribution in [3.63, 3.8) is 0 Å². The van der Waals surface area contributed by atoms with Crippen LogP contribution in [0, 0.1) is 24.2 Å². The molecule has 0 amide bonds. The lowest BCUT2D eigenvalue weighted by atomic mass is 9.91. The van der Waals surface area contributed by atoms with Crippen LogP contribution in [0.15, 0.2) is 18.2 Å². The van der Waals surface area contributed by atoms with Gasteiger partial charge in [-0.05, 0) is 48.9 Å². The molecule has 1 heterocycles. The maximum Gasteiger partial charge on any atom is 0.123 e. The molecule has 3 nitrogen and oxygen atoms in total. The standard InChI is InChI=1S/C15H23N3/c1-10-6-11(2)9-18(8-10)13-4-5-14(15(16)17)12(3)7-13/h4-5,7,10-11H,6,8-9H2,1-3H3,(H3,16,17). The Hall–Kier alpha value is -1.51. The highest BCUT2D eigenvalue weighted by Crippen LogP contribution is 2.27. The summed E-state index contributed by atoms with van der Waals surface area (Å²) < 4.78 is 0. The molecule has 1 aromatic rings. The fraction of sp³-hybridized carbons (Fsp3) is 0.533. The van der Waals surface area contributed by atoms with Crippen molar-refractivity contribution in [2.75, 3.05) is 18.0 Å². The number of amidine groups is 1. The Morgan fingerprint density at radius 1 is 1.28 bits per heavy atom. The number of nitrogens with two attached hydrogens (primary N) is 1. The number of aryl methyl sites for hydroxylation is 1. The van der Waals surface area contributed by atoms with E-state index in [9.17, 15) is 0 Å². The molecule has 1 fully saturated rings. The van der Waals surface area contributed by atoms with Crippen LogP contribution in [0.25, 0.3) is 0 Å². The van der Waals surface area contributed by atoms with Crippen molar-refractivity contribution in [2.45, 2.75) is 27.2 Å². The Kier molecular flexibility index (Phi) is 3.60. The Morgan fingerprint density at radius 2 is 1.89 bits per heavy atom. The zero-order valence-corrected chi connectivity index (χ0v) is 11.5. The Labute approximate surface area is 109 Å². The zero-order valence-electron chi connectivity index (χ0n) is 11.5. The molecule has 0 saturated carbocycles. The number of nitrogens with one attached hydrogen (secondary N) is 1. The van der Waals surface area contributed by atoms with Gasteiger partial charge in [0.1, 0.15) is 5.84 Å². The summed E-state index contributed by atoms with van der Waals surface area (Å²) in [6.45, 7) is 8.92. The van der Waals surface area contributed by atoms with Gasteiger partial charge >= 0.3 is 0 Å². The molecule has 0 aromatic heterocycles. The average molecular weight is 245 g/mol. The highest BCUT2D eigenvalue weighted by atomic mass is 15.1. The van der Waals surface area contributed by atoms with Crippen molar-refractivity contribution in [1.82, 2.24) is 0 Å². The molecule has 0 bridgehead atoms. The lowest BCUT2D eigenvalue weighted by Gasteiger charge is -2.37. The molecule has 2 unspecified atom stereocenters. The van der Waals surface area contributed by atoms with Crippen LogP contribution in [0.5, 0.6) is 0 Å². The summed E-state index contributed by atoms with van der Waals surface area (Å²) >= 11 is 0. The third kappa shape index (κ3) is 2.66. The number of nitrogen functional groups attached to an aromatic ring is 1. The smallest absolute Gasteiger partial charge is 0.123 e. The molecule has 2 rings (SSSR count). The topological polar surface area (TPSA) is 53.1 Å². The normalized spacial score (nSPS) is 24.1. The van der Waals surface area contributed by atoms with Crippen LogP contribution in [-0.4, -0.2) is 18.9 Å². The van der Waals surface area contributed by atoms with Gasteiger partial charge in [-0.3, -0.25) is 5.41 Å². The molecule has 0 aliphatic carbocycles. The van der Waals surface area contributed by atoms with Crippen LogP contribution in [0.2, 0.25) is 0 Å². The minimum atomic E-state index is 0.152. The molecule has 1 aliphatic rings. The van der Waals surface area contributed by atoms with Gasteiger partial charge in [0.15, 0.2) is 0 Å². The number of benzene rings is 1. The molecule has 18 heavy (non-hydrogen) atoms. The maximum atomic E-state index is 7.52. The molecule has 98 valence electrons. The predicted molar refractivity (Wildman–Crippen MR) is 77.4 cm³/mol. The SMILES string of the molecule is Cc1cc(N2CC(C)CC(C)C2)ccc1C(=N)N. The fourth-order valence-corrected chi connectivity index (χ4v) is 3.02. The van der Waals surface area contributed by atoms with Crippen LogP contribution >= 0.6 is 0 Å². The third-order valence-electron chi connectivity index (χ3n) is 3.73. The highest BCUT2D eigenvalue weighted by Gasteiger charge is 2.22. The molecule has 2 atom stereocenters. The summed E-state index contributed by atoms with van der Waals surface area (Å²) in [4.78, 5) is 2.45. The highest BCUT2D eigenvalue weighted by molar-refractivity contribution is 5.96. The van der Waals surface area contributed by atoms with Crippen LogP contribution in [0.3, 0.4) is 0 Å². The molecule has 3 N–H and O–H groups in total. The summed E-state index contributed by atoms with van der Waals surface area (Å²) in [6.07, 6.45) is 1.32. The van der Waals surface area contributed by atoms with Gasteiger partial charge in [0.2, 0.25) is 0 Å². The predicted octanol–water partition coefficient (Wildman–Crippen LogP) is 2.76. The molecule has 1 saturated heterocycles. The Bertz CT molecular complexity index is 443. The lowest BCUT2D eigenvalue weighted by molar-refractivity contribution is 0.357. The summed E-state index contributed by atoms with van der Waals surface area (Å²) in [5.74, 6) is 1.66. The van der Waals surface area contributed by atoms with Crippen LogP contribution < -0.4 is 10.6 Å². The zero-order chi connectivity index (χ0) is 13.3. The van der Waals surface area contributed by atoms with E-state index in [1.807, 2.05) is 13.0 Å². The minimum Gasteiger partial charge on any atom is -0.384 e. The van der Waals surface area contributed by atoms with Crippen LogP contribution in [0.1, 0.15) is 31.4 Å². The van der Waals surface area contributed by atoms with Gasteiger partial charge < -0.3 is 10.6 Å². The first-order valence-electron chi connectivity index (χ1n) is 6.67. The van der Waals surface area contributed by atoms with E-state index < -0.39 is 0 Å². The summed E-state index contributed by atoms with van der Waals surface area (Å²) in [5.41, 5.74) is 8.75. The van der Waals surface area contributed by atoms with Crippen molar-refractivity contribution in [1.29, 1.82) is 5.41 Å². The van der Waals surface area contributed by atoms with Crippen molar-refractivity contribution >= 4 is 11.5 Å². The minimum absolute atomic E-state index is 0.152. The van der Waals surface area contributed by atoms with Gasteiger partial charge in [-0.15, -0.1) is 0 Å². The quantitative estimate of drug-likeness (QED) is 0.622. The van der Waals surface area contributed by atoms with Gasteiger partial charge in [-0.25, -0.2) is 0 Å². The second-order valence-corrected chi connectivity index (χ2v) is 5.76. The van der Waals surface area contributed by atoms with Crippen molar-refractivity contribution in [3.8, 4) is 0 Å². The summed E-state index contributed by atoms with van der Waals surface area (Å²) in [5, 5.41) is 7.52. The van der Waals surface area contributed by atoms with E-state index in [-0.39, 0.29) is 5.84 Å². The Balaban J connectivity index is 2.23. The number of piperidine rings is 1. The van der Waals surface area contributed by atoms with Crippen LogP contribution in [-0.2, 0) is 0 Å². The molecule has 0 spiro atoms. The van der Waals surface area contributed by atoms with E-state index in [1.165, 1.54) is 12.1 Å². The van der Waals surface area contributed by atoms with Gasteiger partial charge in [0.05, 0.1) is 0 Å². The lowest BCUT2D eigenvalue weighted by Crippen LogP contribution is -2.38. The molecule has 0 radical (unpaired) electrons. The first-order valence-corrected chi connectivity index (χ1v) is 6.67. The van der Waals surface area contributed by atoms with Gasteiger partial charge in [0.25, 0.3) is 0 Å². The average Bonchev–Trinajstić information content (AvgIpc) is 2.26. The number of rotatable bonds is 2. The molecule has 1 aliphatic heterocycles. The second kappa shape index (κ2) is 5.01. The molecular weight excluding hydrogens is 222 g/mol. The van der Waals surface area contributed by atoms with Crippen molar-refractivity contribution in [3.05, 3.63) is 29.3 Å². The molecular formula is C15H23N3. The van der Waals surface area contributed by atoms with Gasteiger partial charge in [-0.2, -0.15) is 0 Å². The maximum absolute atomic E-state index is 7.52. The van der Waals surface area contributed by atoms with E-state index >= 15 is 0 Å². The van der Waals surface area contributed by atoms with E-state index in [0.717, 1.165) is 36.1 Å².